The average Bonchev–Trinajstić information content (AvgIpc) is 2.87. The number of anilines is 1. The lowest BCUT2D eigenvalue weighted by molar-refractivity contribution is -0.116. The molecule has 0 aliphatic carbocycles. The molecule has 0 saturated heterocycles. The molecule has 0 heterocycles. The largest absolute Gasteiger partial charge is 0.496 e. The Hall–Kier alpha value is -3.27. The first kappa shape index (κ1) is 27.3. The molecule has 8 nitrogen and oxygen atoms in total. The number of amides is 1. The van der Waals surface area contributed by atoms with Crippen molar-refractivity contribution in [2.24, 2.45) is 0 Å². The lowest BCUT2D eigenvalue weighted by Gasteiger charge is -2.23. The van der Waals surface area contributed by atoms with E-state index in [9.17, 15) is 13.2 Å². The number of hydrogen-bond acceptors (Lipinski definition) is 6. The molecule has 0 aliphatic heterocycles. The van der Waals surface area contributed by atoms with E-state index in [4.69, 9.17) is 25.8 Å². The number of rotatable bonds is 11. The summed E-state index contributed by atoms with van der Waals surface area (Å²) in [6, 6.07) is 17.1. The van der Waals surface area contributed by atoms with Gasteiger partial charge in [-0.15, -0.1) is 0 Å². The normalized spacial score (nSPS) is 11.3. The monoisotopic (exact) mass is 532 g/mol. The minimum Gasteiger partial charge on any atom is -0.496 e. The quantitative estimate of drug-likeness (QED) is 0.389. The maximum Gasteiger partial charge on any atom is 0.243 e. The molecule has 3 aromatic carbocycles. The Labute approximate surface area is 216 Å². The molecule has 36 heavy (non-hydrogen) atoms. The van der Waals surface area contributed by atoms with E-state index in [2.05, 4.69) is 5.32 Å². The Morgan fingerprint density at radius 3 is 2.19 bits per heavy atom. The van der Waals surface area contributed by atoms with E-state index in [1.54, 1.807) is 13.0 Å². The SMILES string of the molecule is COc1ccc(S(=O)(=O)N(CCc2ccccc2)CC(=O)Nc2cc(OC)c(Cl)cc2OC)cc1C. The van der Waals surface area contributed by atoms with Crippen molar-refractivity contribution in [3.8, 4) is 17.2 Å². The zero-order chi connectivity index (χ0) is 26.3. The maximum atomic E-state index is 13.6. The summed E-state index contributed by atoms with van der Waals surface area (Å²) >= 11 is 6.15. The third-order valence-corrected chi connectivity index (χ3v) is 7.70. The van der Waals surface area contributed by atoms with Crippen molar-refractivity contribution in [1.29, 1.82) is 0 Å². The number of carbonyl (C=O) groups is 1. The minimum atomic E-state index is -4.00. The number of hydrogen-bond donors (Lipinski definition) is 1. The lowest BCUT2D eigenvalue weighted by atomic mass is 10.1. The number of nitrogens with one attached hydrogen (secondary N) is 1. The van der Waals surface area contributed by atoms with Crippen molar-refractivity contribution in [2.45, 2.75) is 18.2 Å². The fourth-order valence-electron chi connectivity index (χ4n) is 3.65. The molecule has 0 aliphatic rings. The van der Waals surface area contributed by atoms with Gasteiger partial charge in [0, 0.05) is 18.7 Å². The van der Waals surface area contributed by atoms with Gasteiger partial charge >= 0.3 is 0 Å². The highest BCUT2D eigenvalue weighted by atomic mass is 35.5. The molecule has 0 bridgehead atoms. The fourth-order valence-corrected chi connectivity index (χ4v) is 5.36. The second-order valence-corrected chi connectivity index (χ2v) is 10.3. The van der Waals surface area contributed by atoms with Crippen molar-refractivity contribution in [2.75, 3.05) is 39.7 Å². The van der Waals surface area contributed by atoms with E-state index >= 15 is 0 Å². The number of carbonyl (C=O) groups excluding carboxylic acids is 1. The average molecular weight is 533 g/mol. The second kappa shape index (κ2) is 12.1. The van der Waals surface area contributed by atoms with Crippen LogP contribution < -0.4 is 19.5 Å². The van der Waals surface area contributed by atoms with Gasteiger partial charge in [0.05, 0.1) is 43.5 Å². The fraction of sp³-hybridized carbons (Fsp3) is 0.269. The van der Waals surface area contributed by atoms with E-state index in [1.165, 1.54) is 45.6 Å². The van der Waals surface area contributed by atoms with Gasteiger partial charge in [-0.3, -0.25) is 4.79 Å². The number of benzene rings is 3. The Morgan fingerprint density at radius 2 is 1.58 bits per heavy atom. The third kappa shape index (κ3) is 6.48. The van der Waals surface area contributed by atoms with Gasteiger partial charge in [0.2, 0.25) is 15.9 Å². The Kier molecular flexibility index (Phi) is 9.19. The van der Waals surface area contributed by atoms with Crippen molar-refractivity contribution >= 4 is 33.2 Å². The van der Waals surface area contributed by atoms with Gasteiger partial charge in [-0.2, -0.15) is 4.31 Å². The summed E-state index contributed by atoms with van der Waals surface area (Å²) in [5, 5.41) is 3.03. The molecule has 0 spiro atoms. The molecule has 3 rings (SSSR count). The highest BCUT2D eigenvalue weighted by Gasteiger charge is 2.27. The predicted octanol–water partition coefficient (Wildman–Crippen LogP) is 4.55. The van der Waals surface area contributed by atoms with E-state index in [0.717, 1.165) is 9.87 Å². The molecule has 1 N–H and O–H groups in total. The van der Waals surface area contributed by atoms with Crippen LogP contribution in [0.2, 0.25) is 5.02 Å². The van der Waals surface area contributed by atoms with Gasteiger partial charge in [-0.25, -0.2) is 8.42 Å². The van der Waals surface area contributed by atoms with Crippen molar-refractivity contribution < 1.29 is 27.4 Å². The van der Waals surface area contributed by atoms with E-state index in [1.807, 2.05) is 30.3 Å². The van der Waals surface area contributed by atoms with Gasteiger partial charge in [0.1, 0.15) is 17.2 Å². The van der Waals surface area contributed by atoms with Crippen LogP contribution in [0.5, 0.6) is 17.2 Å². The van der Waals surface area contributed by atoms with Crippen LogP contribution in [0.4, 0.5) is 5.69 Å². The molecule has 192 valence electrons. The van der Waals surface area contributed by atoms with Crippen LogP contribution >= 0.6 is 11.6 Å². The van der Waals surface area contributed by atoms with E-state index < -0.39 is 22.5 Å². The molecule has 0 aromatic heterocycles. The molecule has 0 radical (unpaired) electrons. The zero-order valence-electron chi connectivity index (χ0n) is 20.6. The zero-order valence-corrected chi connectivity index (χ0v) is 22.2. The van der Waals surface area contributed by atoms with E-state index in [-0.39, 0.29) is 11.4 Å². The lowest BCUT2D eigenvalue weighted by Crippen LogP contribution is -2.39. The summed E-state index contributed by atoms with van der Waals surface area (Å²) in [7, 11) is 0.413. The van der Waals surface area contributed by atoms with Crippen LogP contribution in [-0.2, 0) is 21.2 Å². The van der Waals surface area contributed by atoms with Crippen molar-refractivity contribution in [3.63, 3.8) is 0 Å². The summed E-state index contributed by atoms with van der Waals surface area (Å²) in [5.41, 5.74) is 1.93. The number of aryl methyl sites for hydroxylation is 1. The summed E-state index contributed by atoms with van der Waals surface area (Å²) < 4.78 is 44.2. The smallest absolute Gasteiger partial charge is 0.243 e. The maximum absolute atomic E-state index is 13.6. The minimum absolute atomic E-state index is 0.0763. The Balaban J connectivity index is 1.89. The number of methoxy groups -OCH3 is 3. The topological polar surface area (TPSA) is 94.2 Å². The highest BCUT2D eigenvalue weighted by molar-refractivity contribution is 7.89. The predicted molar refractivity (Wildman–Crippen MR) is 140 cm³/mol. The molecule has 0 unspecified atom stereocenters. The first-order chi connectivity index (χ1) is 17.2. The summed E-state index contributed by atoms with van der Waals surface area (Å²) in [6.07, 6.45) is 0.431. The molecule has 3 aromatic rings. The first-order valence-electron chi connectivity index (χ1n) is 11.1. The van der Waals surface area contributed by atoms with Crippen LogP contribution in [0, 0.1) is 6.92 Å². The molecule has 0 saturated carbocycles. The van der Waals surface area contributed by atoms with Gasteiger partial charge in [-0.05, 0) is 42.7 Å². The van der Waals surface area contributed by atoms with Crippen molar-refractivity contribution in [3.05, 3.63) is 76.8 Å². The van der Waals surface area contributed by atoms with Gasteiger partial charge in [0.15, 0.2) is 0 Å². The van der Waals surface area contributed by atoms with Crippen LogP contribution in [0.25, 0.3) is 0 Å². The summed E-state index contributed by atoms with van der Waals surface area (Å²) in [4.78, 5) is 13.1. The Bertz CT molecular complexity index is 1320. The number of nitrogens with zero attached hydrogens (tertiary/aromatic N) is 1. The van der Waals surface area contributed by atoms with Crippen LogP contribution in [0.1, 0.15) is 11.1 Å². The number of halogens is 1. The molecule has 10 heteroatoms. The standard InChI is InChI=1S/C26H29ClN2O6S/c1-18-14-20(10-11-23(18)33-2)36(31,32)29(13-12-19-8-6-5-7-9-19)17-26(30)28-22-16-24(34-3)21(27)15-25(22)35-4/h5-11,14-16H,12-13,17H2,1-4H3,(H,28,30). The first-order valence-corrected chi connectivity index (χ1v) is 12.9. The van der Waals surface area contributed by atoms with Crippen molar-refractivity contribution in [1.82, 2.24) is 4.31 Å². The number of sulfonamides is 1. The summed E-state index contributed by atoms with van der Waals surface area (Å²) in [5.74, 6) is 0.694. The third-order valence-electron chi connectivity index (χ3n) is 5.56. The molecule has 1 amide bonds. The molecular formula is C26H29ClN2O6S. The van der Waals surface area contributed by atoms with Crippen LogP contribution in [0.15, 0.2) is 65.6 Å². The molecular weight excluding hydrogens is 504 g/mol. The van der Waals surface area contributed by atoms with Crippen LogP contribution in [-0.4, -0.2) is 53.0 Å². The highest BCUT2D eigenvalue weighted by Crippen LogP contribution is 2.36. The number of ether oxygens (including phenoxy) is 3. The molecule has 0 fully saturated rings. The van der Waals surface area contributed by atoms with Gasteiger partial charge in [0.25, 0.3) is 0 Å². The van der Waals surface area contributed by atoms with Gasteiger partial charge < -0.3 is 19.5 Å². The Morgan fingerprint density at radius 1 is 0.917 bits per heavy atom. The van der Waals surface area contributed by atoms with Crippen LogP contribution in [0.3, 0.4) is 0 Å². The molecule has 0 atom stereocenters. The van der Waals surface area contributed by atoms with E-state index in [0.29, 0.717) is 39.9 Å². The summed E-state index contributed by atoms with van der Waals surface area (Å²) in [6.45, 7) is 1.46. The van der Waals surface area contributed by atoms with Gasteiger partial charge in [-0.1, -0.05) is 41.9 Å². The second-order valence-electron chi connectivity index (χ2n) is 7.94.